The van der Waals surface area contributed by atoms with E-state index in [4.69, 9.17) is 5.73 Å². The van der Waals surface area contributed by atoms with E-state index in [1.165, 1.54) is 0 Å². The van der Waals surface area contributed by atoms with Crippen molar-refractivity contribution in [3.05, 3.63) is 0 Å². The van der Waals surface area contributed by atoms with Crippen LogP contribution in [0, 0.1) is 0 Å². The maximum Gasteiger partial charge on any atom is 0.227 e. The zero-order valence-electron chi connectivity index (χ0n) is 26.8. The Labute approximate surface area is 255 Å². The summed E-state index contributed by atoms with van der Waals surface area (Å²) in [5, 5.41) is 25.3. The molecule has 0 saturated heterocycles. The molecule has 0 aromatic heterocycles. The summed E-state index contributed by atoms with van der Waals surface area (Å²) in [5.74, 6) is -10.2. The number of hydrogen-bond acceptors (Lipinski definition) is 15. The minimum absolute atomic E-state index is 0.00881. The number of Topliss-reactive ketones (excluding diaryl/α,β-unsaturated/α-hetero) is 8. The van der Waals surface area contributed by atoms with Crippen LogP contribution in [0.3, 0.4) is 0 Å². The van der Waals surface area contributed by atoms with Crippen molar-refractivity contribution in [1.29, 1.82) is 0 Å². The molecule has 0 spiro atoms. The number of carbonyl (C=O) groups excluding carboxylic acids is 10. The highest BCUT2D eigenvalue weighted by atomic mass is 16.4. The predicted molar refractivity (Wildman–Crippen MR) is 154 cm³/mol. The standard InChI is InChI=1S/C18H30N4O6.C10H14O6/c1-11(23)17(12(2)24,21-10-9-20-8-7-19)18(13(3)25,14(4)26)22(15(5)27)16(6)28;1-5(11)9(15,6(2)12)10(16,7(3)13)8(4)14/h20-21H,7-10,19H2,1-6H3;15-16H,1-4H3. The van der Waals surface area contributed by atoms with Gasteiger partial charge in [0.15, 0.2) is 57.3 Å². The van der Waals surface area contributed by atoms with Crippen molar-refractivity contribution in [3.63, 3.8) is 0 Å². The van der Waals surface area contributed by atoms with Crippen molar-refractivity contribution in [3.8, 4) is 0 Å². The van der Waals surface area contributed by atoms with Crippen molar-refractivity contribution in [2.45, 2.75) is 91.5 Å². The van der Waals surface area contributed by atoms with Gasteiger partial charge in [-0.3, -0.25) is 58.2 Å². The Balaban J connectivity index is 0. The van der Waals surface area contributed by atoms with Gasteiger partial charge in [-0.1, -0.05) is 0 Å². The van der Waals surface area contributed by atoms with Crippen LogP contribution in [0.15, 0.2) is 0 Å². The molecule has 0 aliphatic heterocycles. The van der Waals surface area contributed by atoms with Gasteiger partial charge in [0.2, 0.25) is 23.0 Å². The molecule has 0 atom stereocenters. The molecule has 2 amide bonds. The van der Waals surface area contributed by atoms with Gasteiger partial charge in [0.25, 0.3) is 0 Å². The van der Waals surface area contributed by atoms with Crippen molar-refractivity contribution < 1.29 is 58.2 Å². The molecule has 16 nitrogen and oxygen atoms in total. The highest BCUT2D eigenvalue weighted by Crippen LogP contribution is 2.34. The van der Waals surface area contributed by atoms with Gasteiger partial charge in [0.05, 0.1) is 0 Å². The van der Waals surface area contributed by atoms with Crippen LogP contribution in [0.25, 0.3) is 0 Å². The van der Waals surface area contributed by atoms with E-state index < -0.39 is 80.4 Å². The number of rotatable bonds is 17. The van der Waals surface area contributed by atoms with Crippen LogP contribution in [0.5, 0.6) is 0 Å². The molecule has 0 aliphatic carbocycles. The third-order valence-corrected chi connectivity index (χ3v) is 7.16. The first-order valence-electron chi connectivity index (χ1n) is 13.4. The second kappa shape index (κ2) is 16.4. The van der Waals surface area contributed by atoms with Crippen LogP contribution in [0.2, 0.25) is 0 Å². The van der Waals surface area contributed by atoms with Crippen LogP contribution in [0.4, 0.5) is 0 Å². The fourth-order valence-electron chi connectivity index (χ4n) is 5.17. The number of carbonyl (C=O) groups is 10. The van der Waals surface area contributed by atoms with Crippen LogP contribution >= 0.6 is 0 Å². The predicted octanol–water partition coefficient (Wildman–Crippen LogP) is -2.84. The number of hydrogen-bond donors (Lipinski definition) is 5. The molecule has 16 heteroatoms. The number of imide groups is 1. The molecule has 248 valence electrons. The summed E-state index contributed by atoms with van der Waals surface area (Å²) < 4.78 is 0. The molecule has 0 fully saturated rings. The molecule has 0 bridgehead atoms. The second-order valence-corrected chi connectivity index (χ2v) is 10.2. The molecule has 0 saturated carbocycles. The van der Waals surface area contributed by atoms with E-state index in [0.29, 0.717) is 18.0 Å². The van der Waals surface area contributed by atoms with Gasteiger partial charge in [-0.2, -0.15) is 0 Å². The van der Waals surface area contributed by atoms with Gasteiger partial charge in [0.1, 0.15) is 0 Å². The number of ketones is 8. The van der Waals surface area contributed by atoms with Crippen LogP contribution < -0.4 is 16.4 Å². The third-order valence-electron chi connectivity index (χ3n) is 7.16. The minimum Gasteiger partial charge on any atom is -0.372 e. The molecular weight excluding hydrogens is 584 g/mol. The van der Waals surface area contributed by atoms with Crippen molar-refractivity contribution in [1.82, 2.24) is 15.5 Å². The largest absolute Gasteiger partial charge is 0.372 e. The zero-order valence-corrected chi connectivity index (χ0v) is 26.8. The maximum absolute atomic E-state index is 12.8. The topological polar surface area (TPSA) is 264 Å². The lowest BCUT2D eigenvalue weighted by molar-refractivity contribution is -0.187. The van der Waals surface area contributed by atoms with Crippen LogP contribution in [-0.4, -0.2) is 122 Å². The lowest BCUT2D eigenvalue weighted by atomic mass is 9.65. The summed E-state index contributed by atoms with van der Waals surface area (Å²) in [6, 6.07) is 0. The highest BCUT2D eigenvalue weighted by molar-refractivity contribution is 6.28. The first-order valence-corrected chi connectivity index (χ1v) is 13.4. The SMILES string of the molecule is CC(=O)C(O)(C(C)=O)C(O)(C(C)=O)C(C)=O.CC(=O)N(C(C)=O)C(C(C)=O)(C(C)=O)C(NCCNCCN)(C(C)=O)C(C)=O. The zero-order chi connectivity index (χ0) is 35.6. The van der Waals surface area contributed by atoms with E-state index in [2.05, 4.69) is 10.6 Å². The van der Waals surface area contributed by atoms with Crippen LogP contribution in [-0.2, 0) is 47.9 Å². The van der Waals surface area contributed by atoms with E-state index in [1.807, 2.05) is 0 Å². The summed E-state index contributed by atoms with van der Waals surface area (Å²) in [4.78, 5) is 121. The number of aliphatic hydroxyl groups is 2. The summed E-state index contributed by atoms with van der Waals surface area (Å²) in [6.45, 7) is 10.3. The van der Waals surface area contributed by atoms with E-state index >= 15 is 0 Å². The molecule has 6 N–H and O–H groups in total. The average Bonchev–Trinajstić information content (AvgIpc) is 2.87. The van der Waals surface area contributed by atoms with Gasteiger partial charge in [0, 0.05) is 40.0 Å². The molecule has 0 aromatic rings. The normalized spacial score (nSPS) is 11.8. The fraction of sp³-hybridized carbons (Fsp3) is 0.643. The fourth-order valence-corrected chi connectivity index (χ4v) is 5.17. The molecule has 0 aromatic carbocycles. The maximum atomic E-state index is 12.8. The van der Waals surface area contributed by atoms with E-state index in [9.17, 15) is 58.2 Å². The van der Waals surface area contributed by atoms with E-state index in [0.717, 1.165) is 69.2 Å². The molecule has 0 radical (unpaired) electrons. The summed E-state index contributed by atoms with van der Waals surface area (Å²) >= 11 is 0. The van der Waals surface area contributed by atoms with Crippen molar-refractivity contribution in [2.75, 3.05) is 26.2 Å². The average molecular weight is 629 g/mol. The molecular formula is C28H44N4O12. The molecule has 44 heavy (non-hydrogen) atoms. The summed E-state index contributed by atoms with van der Waals surface area (Å²) in [7, 11) is 0. The molecule has 0 heterocycles. The van der Waals surface area contributed by atoms with Crippen molar-refractivity contribution >= 4 is 58.1 Å². The lowest BCUT2D eigenvalue weighted by Gasteiger charge is -2.49. The van der Waals surface area contributed by atoms with E-state index in [1.54, 1.807) is 0 Å². The van der Waals surface area contributed by atoms with Gasteiger partial charge in [-0.15, -0.1) is 0 Å². The van der Waals surface area contributed by atoms with Gasteiger partial charge < -0.3 is 21.3 Å². The second-order valence-electron chi connectivity index (χ2n) is 10.2. The Bertz CT molecular complexity index is 1120. The number of nitrogens with one attached hydrogen (secondary N) is 2. The Kier molecular flexibility index (Phi) is 15.8. The number of nitrogens with two attached hydrogens (primary N) is 1. The Morgan fingerprint density at radius 2 is 0.841 bits per heavy atom. The quantitative estimate of drug-likeness (QED) is 0.0802. The minimum atomic E-state index is -3.02. The number of amides is 2. The van der Waals surface area contributed by atoms with Gasteiger partial charge in [-0.25, -0.2) is 0 Å². The highest BCUT2D eigenvalue weighted by Gasteiger charge is 2.68. The summed E-state index contributed by atoms with van der Waals surface area (Å²) in [6.07, 6.45) is 0. The van der Waals surface area contributed by atoms with E-state index in [-0.39, 0.29) is 13.1 Å². The number of nitrogens with zero attached hydrogens (tertiary/aromatic N) is 1. The van der Waals surface area contributed by atoms with Gasteiger partial charge >= 0.3 is 0 Å². The molecule has 0 unspecified atom stereocenters. The first kappa shape index (κ1) is 42.4. The smallest absolute Gasteiger partial charge is 0.227 e. The Morgan fingerprint density at radius 1 is 0.523 bits per heavy atom. The third kappa shape index (κ3) is 7.50. The molecule has 0 aliphatic rings. The molecule has 0 rings (SSSR count). The monoisotopic (exact) mass is 628 g/mol. The Hall–Kier alpha value is -3.70. The van der Waals surface area contributed by atoms with Crippen LogP contribution in [0.1, 0.15) is 69.2 Å². The van der Waals surface area contributed by atoms with Crippen molar-refractivity contribution in [2.24, 2.45) is 5.73 Å². The summed E-state index contributed by atoms with van der Waals surface area (Å²) in [5.41, 5.74) is -5.73. The lowest BCUT2D eigenvalue weighted by Crippen LogP contribution is -2.82. The first-order chi connectivity index (χ1) is 19.9. The van der Waals surface area contributed by atoms with Gasteiger partial charge in [-0.05, 0) is 55.4 Å². The Morgan fingerprint density at radius 3 is 1.05 bits per heavy atom.